The number of hydrogen-bond acceptors (Lipinski definition) is 3. The highest BCUT2D eigenvalue weighted by atomic mass is 16.5. The van der Waals surface area contributed by atoms with Crippen LogP contribution in [-0.2, 0) is 4.74 Å². The summed E-state index contributed by atoms with van der Waals surface area (Å²) in [6.45, 7) is 6.69. The minimum absolute atomic E-state index is 0.533. The normalized spacial score (nSPS) is 25.5. The zero-order valence-electron chi connectivity index (χ0n) is 9.75. The Morgan fingerprint density at radius 1 is 1.57 bits per heavy atom. The number of nitrogens with one attached hydrogen (secondary N) is 1. The summed E-state index contributed by atoms with van der Waals surface area (Å²) in [5.41, 5.74) is 0. The summed E-state index contributed by atoms with van der Waals surface area (Å²) in [4.78, 5) is 2.41. The molecule has 1 fully saturated rings. The molecule has 1 rings (SSSR count). The number of likely N-dealkylation sites (tertiary alicyclic amines) is 1. The number of hydrogen-bond donors (Lipinski definition) is 1. The SMILES string of the molecule is CCC(COC)NCC1CCN(C)C1. The van der Waals surface area contributed by atoms with E-state index in [0.717, 1.165) is 25.5 Å². The third kappa shape index (κ3) is 3.95. The van der Waals surface area contributed by atoms with Gasteiger partial charge in [-0.15, -0.1) is 0 Å². The van der Waals surface area contributed by atoms with Crippen molar-refractivity contribution in [2.24, 2.45) is 5.92 Å². The summed E-state index contributed by atoms with van der Waals surface area (Å²) in [6.07, 6.45) is 2.49. The summed E-state index contributed by atoms with van der Waals surface area (Å²) in [7, 11) is 3.97. The molecule has 1 aliphatic heterocycles. The summed E-state index contributed by atoms with van der Waals surface area (Å²) < 4.78 is 5.16. The van der Waals surface area contributed by atoms with Gasteiger partial charge in [0.25, 0.3) is 0 Å². The largest absolute Gasteiger partial charge is 0.383 e. The van der Waals surface area contributed by atoms with Gasteiger partial charge >= 0.3 is 0 Å². The lowest BCUT2D eigenvalue weighted by Crippen LogP contribution is -2.36. The molecule has 0 aromatic rings. The minimum Gasteiger partial charge on any atom is -0.383 e. The molecule has 0 amide bonds. The standard InChI is InChI=1S/C11H24N2O/c1-4-11(9-14-3)12-7-10-5-6-13(2)8-10/h10-12H,4-9H2,1-3H3. The first-order valence-corrected chi connectivity index (χ1v) is 5.67. The number of rotatable bonds is 6. The highest BCUT2D eigenvalue weighted by Gasteiger charge is 2.19. The molecule has 0 saturated carbocycles. The molecule has 14 heavy (non-hydrogen) atoms. The molecule has 0 spiro atoms. The molecular formula is C11H24N2O. The zero-order valence-corrected chi connectivity index (χ0v) is 9.75. The van der Waals surface area contributed by atoms with Crippen LogP contribution in [0.15, 0.2) is 0 Å². The molecule has 3 heteroatoms. The van der Waals surface area contributed by atoms with Gasteiger partial charge in [0.05, 0.1) is 6.61 Å². The highest BCUT2D eigenvalue weighted by Crippen LogP contribution is 2.13. The van der Waals surface area contributed by atoms with Crippen molar-refractivity contribution in [1.29, 1.82) is 0 Å². The van der Waals surface area contributed by atoms with Crippen LogP contribution in [0.2, 0.25) is 0 Å². The Bertz CT molecular complexity index is 148. The molecule has 0 aromatic heterocycles. The Morgan fingerprint density at radius 2 is 2.36 bits per heavy atom. The second kappa shape index (κ2) is 6.38. The van der Waals surface area contributed by atoms with Crippen LogP contribution in [-0.4, -0.2) is 51.3 Å². The van der Waals surface area contributed by atoms with Crippen LogP contribution >= 0.6 is 0 Å². The maximum Gasteiger partial charge on any atom is 0.0615 e. The highest BCUT2D eigenvalue weighted by molar-refractivity contribution is 4.76. The van der Waals surface area contributed by atoms with Gasteiger partial charge in [0, 0.05) is 19.7 Å². The quantitative estimate of drug-likeness (QED) is 0.691. The van der Waals surface area contributed by atoms with Gasteiger partial charge in [-0.05, 0) is 38.9 Å². The third-order valence-corrected chi connectivity index (χ3v) is 3.04. The zero-order chi connectivity index (χ0) is 10.4. The molecule has 2 unspecified atom stereocenters. The van der Waals surface area contributed by atoms with E-state index < -0.39 is 0 Å². The van der Waals surface area contributed by atoms with E-state index in [2.05, 4.69) is 24.2 Å². The smallest absolute Gasteiger partial charge is 0.0615 e. The second-order valence-electron chi connectivity index (χ2n) is 4.39. The molecule has 1 heterocycles. The van der Waals surface area contributed by atoms with Crippen molar-refractivity contribution in [3.63, 3.8) is 0 Å². The van der Waals surface area contributed by atoms with Crippen molar-refractivity contribution in [3.8, 4) is 0 Å². The maximum atomic E-state index is 5.16. The first-order valence-electron chi connectivity index (χ1n) is 5.67. The van der Waals surface area contributed by atoms with E-state index in [9.17, 15) is 0 Å². The van der Waals surface area contributed by atoms with E-state index in [1.165, 1.54) is 19.5 Å². The van der Waals surface area contributed by atoms with Crippen molar-refractivity contribution in [1.82, 2.24) is 10.2 Å². The Labute approximate surface area is 87.8 Å². The lowest BCUT2D eigenvalue weighted by molar-refractivity contribution is 0.162. The van der Waals surface area contributed by atoms with Gasteiger partial charge < -0.3 is 15.0 Å². The van der Waals surface area contributed by atoms with Crippen LogP contribution < -0.4 is 5.32 Å². The van der Waals surface area contributed by atoms with Crippen LogP contribution in [0.4, 0.5) is 0 Å². The fraction of sp³-hybridized carbons (Fsp3) is 1.00. The van der Waals surface area contributed by atoms with Gasteiger partial charge in [-0.1, -0.05) is 6.92 Å². The Kier molecular flexibility index (Phi) is 5.45. The first-order chi connectivity index (χ1) is 6.76. The molecule has 0 bridgehead atoms. The number of nitrogens with zero attached hydrogens (tertiary/aromatic N) is 1. The van der Waals surface area contributed by atoms with Crippen molar-refractivity contribution in [2.45, 2.75) is 25.8 Å². The number of ether oxygens (including phenoxy) is 1. The lowest BCUT2D eigenvalue weighted by Gasteiger charge is -2.18. The van der Waals surface area contributed by atoms with E-state index >= 15 is 0 Å². The van der Waals surface area contributed by atoms with Gasteiger partial charge in [-0.25, -0.2) is 0 Å². The lowest BCUT2D eigenvalue weighted by atomic mass is 10.1. The molecule has 3 nitrogen and oxygen atoms in total. The molecule has 0 radical (unpaired) electrons. The van der Waals surface area contributed by atoms with Crippen LogP contribution in [0, 0.1) is 5.92 Å². The molecule has 84 valence electrons. The van der Waals surface area contributed by atoms with Gasteiger partial charge in [0.15, 0.2) is 0 Å². The summed E-state index contributed by atoms with van der Waals surface area (Å²) in [5, 5.41) is 3.58. The summed E-state index contributed by atoms with van der Waals surface area (Å²) in [6, 6.07) is 0.533. The average Bonchev–Trinajstić information content (AvgIpc) is 2.59. The van der Waals surface area contributed by atoms with Crippen molar-refractivity contribution < 1.29 is 4.74 Å². The van der Waals surface area contributed by atoms with E-state index in [1.807, 2.05) is 0 Å². The molecular weight excluding hydrogens is 176 g/mol. The predicted molar refractivity (Wildman–Crippen MR) is 59.6 cm³/mol. The summed E-state index contributed by atoms with van der Waals surface area (Å²) >= 11 is 0. The van der Waals surface area contributed by atoms with E-state index in [4.69, 9.17) is 4.74 Å². The van der Waals surface area contributed by atoms with Crippen molar-refractivity contribution in [3.05, 3.63) is 0 Å². The molecule has 0 aromatic carbocycles. The molecule has 0 aliphatic carbocycles. The summed E-state index contributed by atoms with van der Waals surface area (Å²) in [5.74, 6) is 0.839. The fourth-order valence-corrected chi connectivity index (χ4v) is 2.05. The Balaban J connectivity index is 2.12. The first kappa shape index (κ1) is 12.0. The molecule has 1 saturated heterocycles. The van der Waals surface area contributed by atoms with E-state index in [1.54, 1.807) is 7.11 Å². The molecule has 2 atom stereocenters. The van der Waals surface area contributed by atoms with Gasteiger partial charge in [-0.3, -0.25) is 0 Å². The maximum absolute atomic E-state index is 5.16. The Hall–Kier alpha value is -0.120. The van der Waals surface area contributed by atoms with Crippen LogP contribution in [0.1, 0.15) is 19.8 Å². The Morgan fingerprint density at radius 3 is 2.86 bits per heavy atom. The monoisotopic (exact) mass is 200 g/mol. The van der Waals surface area contributed by atoms with Crippen LogP contribution in [0.5, 0.6) is 0 Å². The minimum atomic E-state index is 0.533. The van der Waals surface area contributed by atoms with Crippen molar-refractivity contribution >= 4 is 0 Å². The number of methoxy groups -OCH3 is 1. The molecule has 1 N–H and O–H groups in total. The molecule has 1 aliphatic rings. The van der Waals surface area contributed by atoms with Gasteiger partial charge in [0.1, 0.15) is 0 Å². The predicted octanol–water partition coefficient (Wildman–Crippen LogP) is 0.953. The van der Waals surface area contributed by atoms with Crippen molar-refractivity contribution in [2.75, 3.05) is 40.4 Å². The van der Waals surface area contributed by atoms with Gasteiger partial charge in [0.2, 0.25) is 0 Å². The third-order valence-electron chi connectivity index (χ3n) is 3.04. The van der Waals surface area contributed by atoms with E-state index in [-0.39, 0.29) is 0 Å². The van der Waals surface area contributed by atoms with Gasteiger partial charge in [-0.2, -0.15) is 0 Å². The van der Waals surface area contributed by atoms with Crippen LogP contribution in [0.3, 0.4) is 0 Å². The topological polar surface area (TPSA) is 24.5 Å². The van der Waals surface area contributed by atoms with E-state index in [0.29, 0.717) is 6.04 Å². The second-order valence-corrected chi connectivity index (χ2v) is 4.39. The average molecular weight is 200 g/mol. The van der Waals surface area contributed by atoms with Crippen LogP contribution in [0.25, 0.3) is 0 Å². The fourth-order valence-electron chi connectivity index (χ4n) is 2.05.